The minimum absolute atomic E-state index is 0.000914. The van der Waals surface area contributed by atoms with Crippen LogP contribution in [0.1, 0.15) is 29.8 Å². The molecule has 110 valence electrons. The molecule has 0 atom stereocenters. The molecule has 0 saturated heterocycles. The highest BCUT2D eigenvalue weighted by Gasteiger charge is 2.11. The summed E-state index contributed by atoms with van der Waals surface area (Å²) in [7, 11) is 0. The molecule has 2 aromatic carbocycles. The van der Waals surface area contributed by atoms with Gasteiger partial charge in [0.25, 0.3) is 0 Å². The molecule has 0 heterocycles. The van der Waals surface area contributed by atoms with E-state index in [4.69, 9.17) is 9.47 Å². The van der Waals surface area contributed by atoms with Gasteiger partial charge in [0.2, 0.25) is 0 Å². The zero-order chi connectivity index (χ0) is 15.2. The molecule has 2 rings (SSSR count). The van der Waals surface area contributed by atoms with Gasteiger partial charge >= 0.3 is 0 Å². The first-order valence-electron chi connectivity index (χ1n) is 6.85. The van der Waals surface area contributed by atoms with Crippen LogP contribution in [0, 0.1) is 3.57 Å². The van der Waals surface area contributed by atoms with E-state index in [-0.39, 0.29) is 5.78 Å². The fourth-order valence-electron chi connectivity index (χ4n) is 1.95. The third kappa shape index (κ3) is 3.97. The largest absolute Gasteiger partial charge is 0.494 e. The minimum atomic E-state index is -0.000914. The zero-order valence-electron chi connectivity index (χ0n) is 12.1. The van der Waals surface area contributed by atoms with Crippen molar-refractivity contribution in [1.82, 2.24) is 0 Å². The van der Waals surface area contributed by atoms with E-state index in [1.165, 1.54) is 0 Å². The van der Waals surface area contributed by atoms with E-state index in [1.807, 2.05) is 38.1 Å². The predicted octanol–water partition coefficient (Wildman–Crippen LogP) is 4.32. The molecule has 2 aromatic rings. The van der Waals surface area contributed by atoms with Crippen LogP contribution >= 0.6 is 22.6 Å². The molecule has 0 spiro atoms. The van der Waals surface area contributed by atoms with E-state index in [1.54, 1.807) is 18.2 Å². The van der Waals surface area contributed by atoms with Crippen molar-refractivity contribution in [1.29, 1.82) is 0 Å². The van der Waals surface area contributed by atoms with E-state index in [0.29, 0.717) is 24.3 Å². The Kier molecular flexibility index (Phi) is 5.61. The van der Waals surface area contributed by atoms with Gasteiger partial charge in [0.15, 0.2) is 5.78 Å². The number of ether oxygens (including phenoxy) is 2. The molecule has 0 saturated carbocycles. The van der Waals surface area contributed by atoms with Crippen molar-refractivity contribution >= 4 is 28.4 Å². The van der Waals surface area contributed by atoms with Crippen molar-refractivity contribution in [2.45, 2.75) is 13.8 Å². The summed E-state index contributed by atoms with van der Waals surface area (Å²) in [4.78, 5) is 12.5. The molecular formula is C17H17IO3. The monoisotopic (exact) mass is 396 g/mol. The Morgan fingerprint density at radius 1 is 0.952 bits per heavy atom. The van der Waals surface area contributed by atoms with Crippen molar-refractivity contribution < 1.29 is 14.3 Å². The van der Waals surface area contributed by atoms with Crippen LogP contribution in [0.2, 0.25) is 0 Å². The molecule has 0 bridgehead atoms. The second-order valence-corrected chi connectivity index (χ2v) is 5.53. The van der Waals surface area contributed by atoms with Gasteiger partial charge in [-0.15, -0.1) is 0 Å². The SMILES string of the molecule is CCOc1ccc(C(=O)c2ccc(OCC)c(I)c2)cc1. The molecule has 0 N–H and O–H groups in total. The van der Waals surface area contributed by atoms with Gasteiger partial charge in [-0.2, -0.15) is 0 Å². The van der Waals surface area contributed by atoms with Gasteiger partial charge in [0, 0.05) is 11.1 Å². The highest BCUT2D eigenvalue weighted by atomic mass is 127. The summed E-state index contributed by atoms with van der Waals surface area (Å²) in [6.07, 6.45) is 0. The van der Waals surface area contributed by atoms with Crippen molar-refractivity contribution in [3.8, 4) is 11.5 Å². The van der Waals surface area contributed by atoms with Crippen LogP contribution in [-0.2, 0) is 0 Å². The van der Waals surface area contributed by atoms with Crippen LogP contribution in [0.15, 0.2) is 42.5 Å². The fourth-order valence-corrected chi connectivity index (χ4v) is 2.62. The highest BCUT2D eigenvalue weighted by Crippen LogP contribution is 2.24. The summed E-state index contributed by atoms with van der Waals surface area (Å²) >= 11 is 2.18. The molecule has 21 heavy (non-hydrogen) atoms. The lowest BCUT2D eigenvalue weighted by Crippen LogP contribution is -2.03. The maximum absolute atomic E-state index is 12.5. The number of carbonyl (C=O) groups excluding carboxylic acids is 1. The Labute approximate surface area is 138 Å². The van der Waals surface area contributed by atoms with E-state index in [2.05, 4.69) is 22.6 Å². The van der Waals surface area contributed by atoms with Crippen molar-refractivity contribution in [3.63, 3.8) is 0 Å². The van der Waals surface area contributed by atoms with Crippen LogP contribution in [0.3, 0.4) is 0 Å². The lowest BCUT2D eigenvalue weighted by atomic mass is 10.0. The highest BCUT2D eigenvalue weighted by molar-refractivity contribution is 14.1. The third-order valence-corrected chi connectivity index (χ3v) is 3.76. The van der Waals surface area contributed by atoms with E-state index < -0.39 is 0 Å². The zero-order valence-corrected chi connectivity index (χ0v) is 14.2. The first kappa shape index (κ1) is 15.8. The number of halogens is 1. The van der Waals surface area contributed by atoms with E-state index >= 15 is 0 Å². The Balaban J connectivity index is 2.21. The number of rotatable bonds is 6. The minimum Gasteiger partial charge on any atom is -0.494 e. The van der Waals surface area contributed by atoms with Gasteiger partial charge in [-0.25, -0.2) is 0 Å². The summed E-state index contributed by atoms with van der Waals surface area (Å²) in [6, 6.07) is 12.7. The number of benzene rings is 2. The molecular weight excluding hydrogens is 379 g/mol. The van der Waals surface area contributed by atoms with Crippen LogP contribution in [-0.4, -0.2) is 19.0 Å². The average Bonchev–Trinajstić information content (AvgIpc) is 2.50. The molecule has 3 nitrogen and oxygen atoms in total. The summed E-state index contributed by atoms with van der Waals surface area (Å²) in [5, 5.41) is 0. The molecule has 0 radical (unpaired) electrons. The number of hydrogen-bond donors (Lipinski definition) is 0. The van der Waals surface area contributed by atoms with Crippen LogP contribution < -0.4 is 9.47 Å². The third-order valence-electron chi connectivity index (χ3n) is 2.92. The molecule has 0 aliphatic heterocycles. The number of ketones is 1. The van der Waals surface area contributed by atoms with Crippen molar-refractivity contribution in [2.75, 3.05) is 13.2 Å². The van der Waals surface area contributed by atoms with Crippen molar-refractivity contribution in [3.05, 3.63) is 57.2 Å². The Morgan fingerprint density at radius 3 is 2.14 bits per heavy atom. The van der Waals surface area contributed by atoms with Gasteiger partial charge < -0.3 is 9.47 Å². The van der Waals surface area contributed by atoms with Crippen LogP contribution in [0.4, 0.5) is 0 Å². The van der Waals surface area contributed by atoms with Crippen LogP contribution in [0.5, 0.6) is 11.5 Å². The fraction of sp³-hybridized carbons (Fsp3) is 0.235. The molecule has 0 aromatic heterocycles. The standard InChI is InChI=1S/C17H17IO3/c1-3-20-14-8-5-12(6-9-14)17(19)13-7-10-16(21-4-2)15(18)11-13/h5-11H,3-4H2,1-2H3. The Hall–Kier alpha value is -1.56. The van der Waals surface area contributed by atoms with Crippen LogP contribution in [0.25, 0.3) is 0 Å². The summed E-state index contributed by atoms with van der Waals surface area (Å²) < 4.78 is 11.8. The summed E-state index contributed by atoms with van der Waals surface area (Å²) in [5.74, 6) is 1.58. The smallest absolute Gasteiger partial charge is 0.193 e. The maximum atomic E-state index is 12.5. The van der Waals surface area contributed by atoms with Gasteiger partial charge in [-0.05, 0) is 78.9 Å². The van der Waals surface area contributed by atoms with E-state index in [9.17, 15) is 4.79 Å². The van der Waals surface area contributed by atoms with Gasteiger partial charge in [0.1, 0.15) is 11.5 Å². The summed E-state index contributed by atoms with van der Waals surface area (Å²) in [5.41, 5.74) is 1.31. The first-order chi connectivity index (χ1) is 10.2. The first-order valence-corrected chi connectivity index (χ1v) is 7.93. The molecule has 0 aliphatic carbocycles. The second kappa shape index (κ2) is 7.45. The van der Waals surface area contributed by atoms with E-state index in [0.717, 1.165) is 15.1 Å². The van der Waals surface area contributed by atoms with Crippen molar-refractivity contribution in [2.24, 2.45) is 0 Å². The topological polar surface area (TPSA) is 35.5 Å². The molecule has 0 unspecified atom stereocenters. The Bertz CT molecular complexity index is 620. The summed E-state index contributed by atoms with van der Waals surface area (Å²) in [6.45, 7) is 5.10. The second-order valence-electron chi connectivity index (χ2n) is 4.36. The maximum Gasteiger partial charge on any atom is 0.193 e. The quantitative estimate of drug-likeness (QED) is 0.539. The average molecular weight is 396 g/mol. The number of hydrogen-bond acceptors (Lipinski definition) is 3. The Morgan fingerprint density at radius 2 is 1.57 bits per heavy atom. The lowest BCUT2D eigenvalue weighted by molar-refractivity contribution is 0.103. The predicted molar refractivity (Wildman–Crippen MR) is 91.4 cm³/mol. The molecule has 4 heteroatoms. The lowest BCUT2D eigenvalue weighted by Gasteiger charge is -2.08. The van der Waals surface area contributed by atoms with Gasteiger partial charge in [-0.1, -0.05) is 0 Å². The molecule has 0 fully saturated rings. The molecule has 0 amide bonds. The van der Waals surface area contributed by atoms with Gasteiger partial charge in [0.05, 0.1) is 16.8 Å². The van der Waals surface area contributed by atoms with Gasteiger partial charge in [-0.3, -0.25) is 4.79 Å². The number of carbonyl (C=O) groups is 1. The molecule has 0 aliphatic rings. The normalized spacial score (nSPS) is 10.2.